The number of ketones is 1. The largest absolute Gasteiger partial charge is 0.359 e. The lowest BCUT2D eigenvalue weighted by atomic mass is 9.91. The number of aromatic nitrogens is 1. The molecule has 1 aromatic rings. The SMILES string of the molecule is CC1CCCC(SCC(=O)c2ccc[nH]2)C1. The standard InChI is InChI=1S/C13H19NOS/c1-10-4-2-5-11(8-10)16-9-13(15)12-6-3-7-14-12/h3,6-7,10-11,14H,2,4-5,8-9H2,1H3. The highest BCUT2D eigenvalue weighted by Crippen LogP contribution is 2.32. The summed E-state index contributed by atoms with van der Waals surface area (Å²) in [4.78, 5) is 14.7. The molecule has 1 fully saturated rings. The number of hydrogen-bond donors (Lipinski definition) is 1. The van der Waals surface area contributed by atoms with Gasteiger partial charge in [-0.05, 0) is 30.9 Å². The average molecular weight is 237 g/mol. The van der Waals surface area contributed by atoms with Crippen LogP contribution in [0.15, 0.2) is 18.3 Å². The lowest BCUT2D eigenvalue weighted by Gasteiger charge is -2.25. The Kier molecular flexibility index (Phi) is 4.10. The average Bonchev–Trinajstić information content (AvgIpc) is 2.79. The minimum atomic E-state index is 0.230. The van der Waals surface area contributed by atoms with Crippen molar-refractivity contribution in [1.29, 1.82) is 0 Å². The first-order valence-corrected chi connectivity index (χ1v) is 7.09. The van der Waals surface area contributed by atoms with E-state index in [0.717, 1.165) is 11.6 Å². The summed E-state index contributed by atoms with van der Waals surface area (Å²) >= 11 is 1.84. The van der Waals surface area contributed by atoms with Crippen LogP contribution in [-0.4, -0.2) is 21.8 Å². The van der Waals surface area contributed by atoms with Crippen LogP contribution in [0.2, 0.25) is 0 Å². The van der Waals surface area contributed by atoms with Gasteiger partial charge in [-0.15, -0.1) is 0 Å². The third kappa shape index (κ3) is 3.14. The molecule has 0 bridgehead atoms. The maximum absolute atomic E-state index is 11.8. The molecule has 0 radical (unpaired) electrons. The number of H-pyrrole nitrogens is 1. The quantitative estimate of drug-likeness (QED) is 0.813. The van der Waals surface area contributed by atoms with E-state index in [1.54, 1.807) is 6.20 Å². The van der Waals surface area contributed by atoms with Crippen molar-refractivity contribution >= 4 is 17.5 Å². The number of hydrogen-bond acceptors (Lipinski definition) is 2. The predicted molar refractivity (Wildman–Crippen MR) is 69.0 cm³/mol. The van der Waals surface area contributed by atoms with Gasteiger partial charge in [0.15, 0.2) is 5.78 Å². The number of carbonyl (C=O) groups is 1. The first-order chi connectivity index (χ1) is 7.75. The number of thioether (sulfide) groups is 1. The molecule has 0 aliphatic heterocycles. The Bertz CT molecular complexity index is 334. The number of Topliss-reactive ketones (excluding diaryl/α,β-unsaturated/α-hetero) is 1. The zero-order chi connectivity index (χ0) is 11.4. The second-order valence-electron chi connectivity index (χ2n) is 4.71. The van der Waals surface area contributed by atoms with E-state index in [1.165, 1.54) is 25.7 Å². The number of rotatable bonds is 4. The lowest BCUT2D eigenvalue weighted by molar-refractivity contribution is 0.101. The number of nitrogens with one attached hydrogen (secondary N) is 1. The van der Waals surface area contributed by atoms with Gasteiger partial charge in [0.2, 0.25) is 0 Å². The smallest absolute Gasteiger partial charge is 0.188 e. The summed E-state index contributed by atoms with van der Waals surface area (Å²) in [5.41, 5.74) is 0.747. The van der Waals surface area contributed by atoms with Crippen molar-refractivity contribution in [2.75, 3.05) is 5.75 Å². The third-order valence-electron chi connectivity index (χ3n) is 3.24. The molecule has 1 heterocycles. The van der Waals surface area contributed by atoms with Crippen LogP contribution in [-0.2, 0) is 0 Å². The fourth-order valence-electron chi connectivity index (χ4n) is 2.30. The second kappa shape index (κ2) is 5.58. The fourth-order valence-corrected chi connectivity index (χ4v) is 3.65. The Morgan fingerprint density at radius 1 is 1.56 bits per heavy atom. The van der Waals surface area contributed by atoms with E-state index in [-0.39, 0.29) is 5.78 Å². The van der Waals surface area contributed by atoms with Crippen LogP contribution in [0.5, 0.6) is 0 Å². The van der Waals surface area contributed by atoms with Gasteiger partial charge in [0.1, 0.15) is 0 Å². The summed E-state index contributed by atoms with van der Waals surface area (Å²) < 4.78 is 0. The maximum Gasteiger partial charge on any atom is 0.188 e. The van der Waals surface area contributed by atoms with Gasteiger partial charge in [0, 0.05) is 11.4 Å². The first kappa shape index (κ1) is 11.8. The molecule has 0 saturated heterocycles. The highest BCUT2D eigenvalue weighted by molar-refractivity contribution is 8.00. The molecule has 2 atom stereocenters. The van der Waals surface area contributed by atoms with Crippen molar-refractivity contribution in [2.24, 2.45) is 5.92 Å². The van der Waals surface area contributed by atoms with Crippen molar-refractivity contribution in [1.82, 2.24) is 4.98 Å². The van der Waals surface area contributed by atoms with Gasteiger partial charge in [-0.3, -0.25) is 4.79 Å². The molecule has 88 valence electrons. The van der Waals surface area contributed by atoms with Gasteiger partial charge in [-0.2, -0.15) is 11.8 Å². The van der Waals surface area contributed by atoms with Crippen molar-refractivity contribution in [2.45, 2.75) is 37.9 Å². The van der Waals surface area contributed by atoms with Crippen molar-refractivity contribution in [3.63, 3.8) is 0 Å². The zero-order valence-electron chi connectivity index (χ0n) is 9.74. The highest BCUT2D eigenvalue weighted by Gasteiger charge is 2.20. The monoisotopic (exact) mass is 237 g/mol. The molecule has 1 N–H and O–H groups in total. The molecule has 0 amide bonds. The first-order valence-electron chi connectivity index (χ1n) is 6.04. The maximum atomic E-state index is 11.8. The fraction of sp³-hybridized carbons (Fsp3) is 0.615. The topological polar surface area (TPSA) is 32.9 Å². The molecule has 1 aliphatic carbocycles. The summed E-state index contributed by atoms with van der Waals surface area (Å²) in [6, 6.07) is 3.73. The minimum absolute atomic E-state index is 0.230. The van der Waals surface area contributed by atoms with Gasteiger partial charge in [-0.25, -0.2) is 0 Å². The van der Waals surface area contributed by atoms with Gasteiger partial charge in [-0.1, -0.05) is 19.8 Å². The van der Waals surface area contributed by atoms with Crippen LogP contribution in [0.3, 0.4) is 0 Å². The van der Waals surface area contributed by atoms with Crippen molar-refractivity contribution < 1.29 is 4.79 Å². The molecule has 0 aromatic carbocycles. The molecule has 1 saturated carbocycles. The van der Waals surface area contributed by atoms with Crippen LogP contribution >= 0.6 is 11.8 Å². The van der Waals surface area contributed by atoms with Crippen LogP contribution in [0.1, 0.15) is 43.1 Å². The number of carbonyl (C=O) groups excluding carboxylic acids is 1. The van der Waals surface area contributed by atoms with Gasteiger partial charge >= 0.3 is 0 Å². The Morgan fingerprint density at radius 2 is 2.44 bits per heavy atom. The summed E-state index contributed by atoms with van der Waals surface area (Å²) in [6.07, 6.45) is 7.06. The zero-order valence-corrected chi connectivity index (χ0v) is 10.6. The summed E-state index contributed by atoms with van der Waals surface area (Å²) in [7, 11) is 0. The lowest BCUT2D eigenvalue weighted by Crippen LogP contribution is -2.17. The van der Waals surface area contributed by atoms with Gasteiger partial charge in [0.05, 0.1) is 11.4 Å². The van der Waals surface area contributed by atoms with E-state index >= 15 is 0 Å². The second-order valence-corrected chi connectivity index (χ2v) is 6.00. The van der Waals surface area contributed by atoms with Gasteiger partial charge in [0.25, 0.3) is 0 Å². The van der Waals surface area contributed by atoms with Crippen LogP contribution in [0.25, 0.3) is 0 Å². The molecule has 0 spiro atoms. The molecule has 1 aliphatic rings. The Balaban J connectivity index is 1.77. The van der Waals surface area contributed by atoms with Crippen molar-refractivity contribution in [3.8, 4) is 0 Å². The highest BCUT2D eigenvalue weighted by atomic mass is 32.2. The molecular formula is C13H19NOS. The van der Waals surface area contributed by atoms with Crippen LogP contribution in [0.4, 0.5) is 0 Å². The molecule has 16 heavy (non-hydrogen) atoms. The van der Waals surface area contributed by atoms with E-state index in [4.69, 9.17) is 0 Å². The molecule has 3 heteroatoms. The molecular weight excluding hydrogens is 218 g/mol. The van der Waals surface area contributed by atoms with Crippen molar-refractivity contribution in [3.05, 3.63) is 24.0 Å². The summed E-state index contributed by atoms with van der Waals surface area (Å²) in [5.74, 6) is 1.69. The van der Waals surface area contributed by atoms with E-state index in [1.807, 2.05) is 23.9 Å². The molecule has 2 unspecified atom stereocenters. The number of aromatic amines is 1. The van der Waals surface area contributed by atoms with Crippen LogP contribution < -0.4 is 0 Å². The third-order valence-corrected chi connectivity index (χ3v) is 4.57. The van der Waals surface area contributed by atoms with Gasteiger partial charge < -0.3 is 4.98 Å². The van der Waals surface area contributed by atoms with E-state index in [2.05, 4.69) is 11.9 Å². The summed E-state index contributed by atoms with van der Waals surface area (Å²) in [6.45, 7) is 2.32. The van der Waals surface area contributed by atoms with E-state index in [9.17, 15) is 4.79 Å². The molecule has 2 nitrogen and oxygen atoms in total. The summed E-state index contributed by atoms with van der Waals surface area (Å²) in [5, 5.41) is 0.697. The van der Waals surface area contributed by atoms with E-state index in [0.29, 0.717) is 11.0 Å². The normalized spacial score (nSPS) is 25.6. The van der Waals surface area contributed by atoms with Crippen LogP contribution in [0, 0.1) is 5.92 Å². The predicted octanol–water partition coefficient (Wildman–Crippen LogP) is 3.51. The van der Waals surface area contributed by atoms with E-state index < -0.39 is 0 Å². The Labute approximate surface area is 101 Å². The Morgan fingerprint density at radius 3 is 3.12 bits per heavy atom. The minimum Gasteiger partial charge on any atom is -0.359 e. The Hall–Kier alpha value is -0.700. The molecule has 2 rings (SSSR count). The molecule has 1 aromatic heterocycles.